The Morgan fingerprint density at radius 1 is 1.60 bits per heavy atom. The van der Waals surface area contributed by atoms with Gasteiger partial charge in [-0.25, -0.2) is 5.01 Å². The van der Waals surface area contributed by atoms with Crippen molar-refractivity contribution >= 4 is 11.7 Å². The van der Waals surface area contributed by atoms with Gasteiger partial charge in [0, 0.05) is 0 Å². The monoisotopic (exact) mass is 205 g/mol. The summed E-state index contributed by atoms with van der Waals surface area (Å²) in [5.41, 5.74) is 0.623. The van der Waals surface area contributed by atoms with Crippen LogP contribution in [0.1, 0.15) is 5.56 Å². The Labute approximate surface area is 85.3 Å². The number of carboxylic acid groups (broad SMARTS) is 1. The summed E-state index contributed by atoms with van der Waals surface area (Å²) in [7, 11) is 0. The van der Waals surface area contributed by atoms with Crippen molar-refractivity contribution in [1.29, 1.82) is 5.26 Å². The second kappa shape index (κ2) is 4.72. The molecule has 76 valence electrons. The third-order valence-corrected chi connectivity index (χ3v) is 1.66. The topological polar surface area (TPSA) is 93.8 Å². The molecule has 0 aliphatic rings. The third kappa shape index (κ3) is 2.77. The minimum atomic E-state index is -1.17. The zero-order valence-corrected chi connectivity index (χ0v) is 7.62. The highest BCUT2D eigenvalue weighted by Gasteiger charge is 2.11. The maximum Gasteiger partial charge on any atom is 0.325 e. The van der Waals surface area contributed by atoms with E-state index >= 15 is 0 Å². The fourth-order valence-corrected chi connectivity index (χ4v) is 1.03. The molecule has 6 heteroatoms. The van der Waals surface area contributed by atoms with E-state index in [1.807, 2.05) is 6.07 Å². The standard InChI is InChI=1S/C9H7N3O3/c10-5-7-2-1-3-8(4-7)12(11-15)6-9(13)14/h1-4H,6H2,(H,13,14). The second-order valence-electron chi connectivity index (χ2n) is 2.70. The maximum absolute atomic E-state index is 10.4. The van der Waals surface area contributed by atoms with Gasteiger partial charge in [0.05, 0.1) is 22.6 Å². The molecule has 0 heterocycles. The molecule has 1 aromatic carbocycles. The van der Waals surface area contributed by atoms with Gasteiger partial charge in [0.15, 0.2) is 0 Å². The summed E-state index contributed by atoms with van der Waals surface area (Å²) >= 11 is 0. The molecule has 0 saturated heterocycles. The van der Waals surface area contributed by atoms with Gasteiger partial charge in [-0.3, -0.25) is 4.79 Å². The van der Waals surface area contributed by atoms with Crippen molar-refractivity contribution < 1.29 is 9.90 Å². The smallest absolute Gasteiger partial charge is 0.325 e. The molecule has 0 radical (unpaired) electrons. The number of rotatable bonds is 4. The van der Waals surface area contributed by atoms with Crippen LogP contribution in [0.15, 0.2) is 29.6 Å². The lowest BCUT2D eigenvalue weighted by Crippen LogP contribution is -2.23. The fourth-order valence-electron chi connectivity index (χ4n) is 1.03. The van der Waals surface area contributed by atoms with Crippen molar-refractivity contribution in [2.75, 3.05) is 11.6 Å². The fraction of sp³-hybridized carbons (Fsp3) is 0.111. The van der Waals surface area contributed by atoms with Crippen LogP contribution in [0.25, 0.3) is 0 Å². The normalized spacial score (nSPS) is 9.00. The Morgan fingerprint density at radius 2 is 2.33 bits per heavy atom. The maximum atomic E-state index is 10.4. The molecule has 0 saturated carbocycles. The summed E-state index contributed by atoms with van der Waals surface area (Å²) in [5.74, 6) is -1.17. The Hall–Kier alpha value is -2.42. The largest absolute Gasteiger partial charge is 0.480 e. The molecule has 0 fully saturated rings. The van der Waals surface area contributed by atoms with Crippen molar-refractivity contribution in [3.8, 4) is 6.07 Å². The highest BCUT2D eigenvalue weighted by atomic mass is 16.4. The van der Waals surface area contributed by atoms with E-state index in [-0.39, 0.29) is 5.69 Å². The Balaban J connectivity index is 2.97. The van der Waals surface area contributed by atoms with E-state index in [0.29, 0.717) is 5.56 Å². The molecule has 15 heavy (non-hydrogen) atoms. The third-order valence-electron chi connectivity index (χ3n) is 1.66. The van der Waals surface area contributed by atoms with Crippen molar-refractivity contribution in [3.05, 3.63) is 34.7 Å². The van der Waals surface area contributed by atoms with Gasteiger partial charge in [0.2, 0.25) is 0 Å². The van der Waals surface area contributed by atoms with Gasteiger partial charge in [-0.1, -0.05) is 6.07 Å². The first-order chi connectivity index (χ1) is 7.17. The quantitative estimate of drug-likeness (QED) is 0.587. The number of carbonyl (C=O) groups is 1. The molecule has 0 spiro atoms. The van der Waals surface area contributed by atoms with Crippen molar-refractivity contribution in [3.63, 3.8) is 0 Å². The lowest BCUT2D eigenvalue weighted by atomic mass is 10.2. The van der Waals surface area contributed by atoms with Gasteiger partial charge in [-0.15, -0.1) is 4.91 Å². The van der Waals surface area contributed by atoms with Crippen molar-refractivity contribution in [2.24, 2.45) is 5.29 Å². The number of carboxylic acids is 1. The SMILES string of the molecule is N#Cc1cccc(N(CC(=O)O)N=O)c1. The van der Waals surface area contributed by atoms with E-state index in [1.54, 1.807) is 12.1 Å². The summed E-state index contributed by atoms with van der Waals surface area (Å²) in [4.78, 5) is 20.8. The average molecular weight is 205 g/mol. The second-order valence-corrected chi connectivity index (χ2v) is 2.70. The Morgan fingerprint density at radius 3 is 2.87 bits per heavy atom. The van der Waals surface area contributed by atoms with Crippen LogP contribution < -0.4 is 5.01 Å². The number of benzene rings is 1. The average Bonchev–Trinajstić information content (AvgIpc) is 2.25. The number of nitriles is 1. The van der Waals surface area contributed by atoms with Crippen LogP contribution in [0.2, 0.25) is 0 Å². The first-order valence-electron chi connectivity index (χ1n) is 4.00. The summed E-state index contributed by atoms with van der Waals surface area (Å²) in [5, 5.41) is 20.4. The van der Waals surface area contributed by atoms with Gasteiger partial charge < -0.3 is 5.11 Å². The molecule has 1 aromatic rings. The van der Waals surface area contributed by atoms with E-state index in [2.05, 4.69) is 5.29 Å². The van der Waals surface area contributed by atoms with Gasteiger partial charge in [-0.2, -0.15) is 5.26 Å². The first-order valence-corrected chi connectivity index (χ1v) is 4.00. The zero-order valence-electron chi connectivity index (χ0n) is 7.62. The predicted molar refractivity (Wildman–Crippen MR) is 51.9 cm³/mol. The van der Waals surface area contributed by atoms with E-state index in [4.69, 9.17) is 10.4 Å². The van der Waals surface area contributed by atoms with Crippen LogP contribution in [0.5, 0.6) is 0 Å². The van der Waals surface area contributed by atoms with E-state index in [9.17, 15) is 9.70 Å². The summed E-state index contributed by atoms with van der Waals surface area (Å²) in [6.07, 6.45) is 0. The molecule has 0 aromatic heterocycles. The molecular weight excluding hydrogens is 198 g/mol. The van der Waals surface area contributed by atoms with E-state index in [0.717, 1.165) is 5.01 Å². The molecule has 0 amide bonds. The predicted octanol–water partition coefficient (Wildman–Crippen LogP) is 1.13. The Kier molecular flexibility index (Phi) is 3.35. The van der Waals surface area contributed by atoms with E-state index < -0.39 is 12.5 Å². The molecule has 6 nitrogen and oxygen atoms in total. The van der Waals surface area contributed by atoms with Crippen LogP contribution in [-0.2, 0) is 4.79 Å². The van der Waals surface area contributed by atoms with Gasteiger partial charge in [0.25, 0.3) is 0 Å². The molecule has 0 aliphatic carbocycles. The molecule has 1 rings (SSSR count). The van der Waals surface area contributed by atoms with Crippen molar-refractivity contribution in [1.82, 2.24) is 0 Å². The molecule has 0 atom stereocenters. The van der Waals surface area contributed by atoms with E-state index in [1.165, 1.54) is 12.1 Å². The van der Waals surface area contributed by atoms with Crippen LogP contribution in [0.4, 0.5) is 5.69 Å². The molecular formula is C9H7N3O3. The highest BCUT2D eigenvalue weighted by molar-refractivity contribution is 5.73. The minimum Gasteiger partial charge on any atom is -0.480 e. The van der Waals surface area contributed by atoms with Crippen LogP contribution in [0.3, 0.4) is 0 Å². The van der Waals surface area contributed by atoms with Crippen LogP contribution in [0, 0.1) is 16.2 Å². The number of anilines is 1. The Bertz CT molecular complexity index is 425. The number of hydrogen-bond donors (Lipinski definition) is 1. The summed E-state index contributed by atoms with van der Waals surface area (Å²) in [6.45, 7) is -0.529. The lowest BCUT2D eigenvalue weighted by molar-refractivity contribution is -0.135. The van der Waals surface area contributed by atoms with Gasteiger partial charge in [-0.05, 0) is 18.2 Å². The number of hydrogen-bond acceptors (Lipinski definition) is 4. The molecule has 1 N–H and O–H groups in total. The number of aliphatic carboxylic acids is 1. The van der Waals surface area contributed by atoms with Crippen LogP contribution >= 0.6 is 0 Å². The van der Waals surface area contributed by atoms with Crippen molar-refractivity contribution in [2.45, 2.75) is 0 Å². The zero-order chi connectivity index (χ0) is 11.3. The van der Waals surface area contributed by atoms with Gasteiger partial charge >= 0.3 is 5.97 Å². The lowest BCUT2D eigenvalue weighted by Gasteiger charge is -2.12. The molecule has 0 aliphatic heterocycles. The first kappa shape index (κ1) is 10.7. The van der Waals surface area contributed by atoms with Crippen LogP contribution in [-0.4, -0.2) is 17.6 Å². The number of nitroso groups, excluding NO2 is 1. The highest BCUT2D eigenvalue weighted by Crippen LogP contribution is 2.15. The summed E-state index contributed by atoms with van der Waals surface area (Å²) < 4.78 is 0. The van der Waals surface area contributed by atoms with Gasteiger partial charge in [0.1, 0.15) is 6.54 Å². The molecule has 0 bridgehead atoms. The minimum absolute atomic E-state index is 0.284. The summed E-state index contributed by atoms with van der Waals surface area (Å²) in [6, 6.07) is 7.88. The molecule has 0 unspecified atom stereocenters. The number of nitrogens with zero attached hydrogens (tertiary/aromatic N) is 3.